The molecule has 1 aromatic rings. The molecule has 0 bridgehead atoms. The number of rotatable bonds is 3. The van der Waals surface area contributed by atoms with Crippen molar-refractivity contribution in [2.24, 2.45) is 0 Å². The third kappa shape index (κ3) is 4.67. The van der Waals surface area contributed by atoms with E-state index in [4.69, 9.17) is 0 Å². The highest BCUT2D eigenvalue weighted by molar-refractivity contribution is 7.85. The highest BCUT2D eigenvalue weighted by Gasteiger charge is 2.43. The van der Waals surface area contributed by atoms with Crippen molar-refractivity contribution >= 4 is 10.1 Å². The maximum Gasteiger partial charge on any atom is 0.417 e. The molecule has 0 radical (unpaired) electrons. The third-order valence-corrected chi connectivity index (χ3v) is 2.68. The summed E-state index contributed by atoms with van der Waals surface area (Å²) in [6, 6.07) is 1.18. The smallest absolute Gasteiger partial charge is 0.265 e. The van der Waals surface area contributed by atoms with Gasteiger partial charge in [0.1, 0.15) is 0 Å². The maximum absolute atomic E-state index is 12.6. The van der Waals surface area contributed by atoms with Gasteiger partial charge in [-0.1, -0.05) is 6.07 Å². The first-order valence-electron chi connectivity index (χ1n) is 4.92. The first-order valence-corrected chi connectivity index (χ1v) is 6.74. The predicted octanol–water partition coefficient (Wildman–Crippen LogP) is 3.20. The number of hydrogen-bond donors (Lipinski definition) is 0. The summed E-state index contributed by atoms with van der Waals surface area (Å²) in [4.78, 5) is 0. The minimum absolute atomic E-state index is 0.216. The third-order valence-electron chi connectivity index (χ3n) is 2.13. The van der Waals surface area contributed by atoms with Crippen molar-refractivity contribution in [3.05, 3.63) is 34.9 Å². The van der Waals surface area contributed by atoms with Gasteiger partial charge >= 0.3 is 12.4 Å². The zero-order chi connectivity index (χ0) is 15.8. The van der Waals surface area contributed by atoms with Crippen molar-refractivity contribution < 1.29 is 38.9 Å². The monoisotopic (exact) mass is 322 g/mol. The molecule has 0 saturated carbocycles. The molecule has 0 aliphatic carbocycles. The van der Waals surface area contributed by atoms with Crippen molar-refractivity contribution in [2.45, 2.75) is 19.0 Å². The Kier molecular flexibility index (Phi) is 4.39. The first kappa shape index (κ1) is 16.8. The van der Waals surface area contributed by atoms with Crippen LogP contribution in [0.25, 0.3) is 0 Å². The Labute approximate surface area is 110 Å². The van der Waals surface area contributed by atoms with Gasteiger partial charge in [0.15, 0.2) is 0 Å². The Hall–Kier alpha value is -1.29. The standard InChI is InChI=1S/C10H8F6O3S/c1-20(17,18)19-5-6-2-3-7(9(11,12)13)8(4-6)10(14,15)16/h2-4H,5H2,1H3. The van der Waals surface area contributed by atoms with Gasteiger partial charge in [-0.25, -0.2) is 0 Å². The molecular weight excluding hydrogens is 314 g/mol. The zero-order valence-corrected chi connectivity index (χ0v) is 10.7. The van der Waals surface area contributed by atoms with Crippen LogP contribution in [-0.4, -0.2) is 14.7 Å². The summed E-state index contributed by atoms with van der Waals surface area (Å²) in [5.41, 5.74) is -4.07. The van der Waals surface area contributed by atoms with Crippen molar-refractivity contribution in [3.63, 3.8) is 0 Å². The van der Waals surface area contributed by atoms with Gasteiger partial charge in [-0.15, -0.1) is 0 Å². The molecule has 0 aliphatic heterocycles. The van der Waals surface area contributed by atoms with Crippen LogP contribution in [0.4, 0.5) is 26.3 Å². The molecule has 0 heterocycles. The summed E-state index contributed by atoms with van der Waals surface area (Å²) in [5.74, 6) is 0. The first-order chi connectivity index (χ1) is 8.81. The van der Waals surface area contributed by atoms with Crippen LogP contribution in [-0.2, 0) is 33.3 Å². The van der Waals surface area contributed by atoms with E-state index in [2.05, 4.69) is 4.18 Å². The fraction of sp³-hybridized carbons (Fsp3) is 0.400. The summed E-state index contributed by atoms with van der Waals surface area (Å²) in [7, 11) is -3.91. The average molecular weight is 322 g/mol. The highest BCUT2D eigenvalue weighted by atomic mass is 32.2. The molecule has 114 valence electrons. The highest BCUT2D eigenvalue weighted by Crippen LogP contribution is 2.40. The fourth-order valence-electron chi connectivity index (χ4n) is 1.34. The average Bonchev–Trinajstić information content (AvgIpc) is 2.22. The second-order valence-corrected chi connectivity index (χ2v) is 5.49. The molecule has 10 heteroatoms. The van der Waals surface area contributed by atoms with Gasteiger partial charge < -0.3 is 0 Å². The molecule has 1 aromatic carbocycles. The van der Waals surface area contributed by atoms with Crippen LogP contribution in [0, 0.1) is 0 Å². The van der Waals surface area contributed by atoms with Gasteiger partial charge in [0.05, 0.1) is 24.0 Å². The molecule has 0 aromatic heterocycles. The lowest BCUT2D eigenvalue weighted by molar-refractivity contribution is -0.162. The SMILES string of the molecule is CS(=O)(=O)OCc1ccc(C(F)(F)F)c(C(F)(F)F)c1. The maximum atomic E-state index is 12.6. The van der Waals surface area contributed by atoms with Crippen LogP contribution in [0.1, 0.15) is 16.7 Å². The van der Waals surface area contributed by atoms with E-state index >= 15 is 0 Å². The molecule has 20 heavy (non-hydrogen) atoms. The number of benzene rings is 1. The van der Waals surface area contributed by atoms with E-state index in [-0.39, 0.29) is 17.7 Å². The van der Waals surface area contributed by atoms with E-state index < -0.39 is 40.2 Å². The number of hydrogen-bond acceptors (Lipinski definition) is 3. The fourth-order valence-corrected chi connectivity index (χ4v) is 1.69. The molecule has 0 amide bonds. The molecule has 0 unspecified atom stereocenters. The molecule has 0 aliphatic rings. The molecule has 0 spiro atoms. The van der Waals surface area contributed by atoms with Gasteiger partial charge in [0, 0.05) is 0 Å². The van der Waals surface area contributed by atoms with E-state index in [0.717, 1.165) is 6.07 Å². The van der Waals surface area contributed by atoms with Gasteiger partial charge in [-0.05, 0) is 17.7 Å². The van der Waals surface area contributed by atoms with Gasteiger partial charge in [0.2, 0.25) is 0 Å². The molecule has 0 fully saturated rings. The van der Waals surface area contributed by atoms with E-state index in [1.54, 1.807) is 0 Å². The van der Waals surface area contributed by atoms with E-state index in [1.807, 2.05) is 0 Å². The largest absolute Gasteiger partial charge is 0.417 e. The van der Waals surface area contributed by atoms with Crippen molar-refractivity contribution in [3.8, 4) is 0 Å². The summed E-state index contributed by atoms with van der Waals surface area (Å²) < 4.78 is 101. The number of halogens is 6. The lowest BCUT2D eigenvalue weighted by Crippen LogP contribution is -2.17. The van der Waals surface area contributed by atoms with Crippen LogP contribution in [0.5, 0.6) is 0 Å². The Morgan fingerprint density at radius 3 is 1.90 bits per heavy atom. The predicted molar refractivity (Wildman–Crippen MR) is 56.1 cm³/mol. The lowest BCUT2D eigenvalue weighted by Gasteiger charge is -2.16. The lowest BCUT2D eigenvalue weighted by atomic mass is 10.0. The molecule has 0 saturated heterocycles. The van der Waals surface area contributed by atoms with Crippen molar-refractivity contribution in [2.75, 3.05) is 6.26 Å². The second kappa shape index (κ2) is 5.24. The van der Waals surface area contributed by atoms with Crippen LogP contribution < -0.4 is 0 Å². The summed E-state index contributed by atoms with van der Waals surface area (Å²) in [6.07, 6.45) is -9.71. The van der Waals surface area contributed by atoms with E-state index in [9.17, 15) is 34.8 Å². The normalized spacial score (nSPS) is 13.6. The van der Waals surface area contributed by atoms with E-state index in [1.165, 1.54) is 0 Å². The molecular formula is C10H8F6O3S. The van der Waals surface area contributed by atoms with Gasteiger partial charge in [0.25, 0.3) is 10.1 Å². The Morgan fingerprint density at radius 2 is 1.50 bits per heavy atom. The topological polar surface area (TPSA) is 43.4 Å². The summed E-state index contributed by atoms with van der Waals surface area (Å²) >= 11 is 0. The number of alkyl halides is 6. The molecule has 1 rings (SSSR count). The minimum Gasteiger partial charge on any atom is -0.265 e. The Morgan fingerprint density at radius 1 is 1.00 bits per heavy atom. The summed E-state index contributed by atoms with van der Waals surface area (Å²) in [5, 5.41) is 0. The summed E-state index contributed by atoms with van der Waals surface area (Å²) in [6.45, 7) is -0.778. The quantitative estimate of drug-likeness (QED) is 0.634. The van der Waals surface area contributed by atoms with Crippen LogP contribution in [0.3, 0.4) is 0 Å². The Balaban J connectivity index is 3.22. The molecule has 0 atom stereocenters. The molecule has 3 nitrogen and oxygen atoms in total. The van der Waals surface area contributed by atoms with Crippen LogP contribution in [0.2, 0.25) is 0 Å². The van der Waals surface area contributed by atoms with Crippen LogP contribution >= 0.6 is 0 Å². The molecule has 0 N–H and O–H groups in total. The van der Waals surface area contributed by atoms with Crippen molar-refractivity contribution in [1.29, 1.82) is 0 Å². The minimum atomic E-state index is -5.22. The van der Waals surface area contributed by atoms with Gasteiger partial charge in [-0.2, -0.15) is 34.8 Å². The van der Waals surface area contributed by atoms with Crippen molar-refractivity contribution in [1.82, 2.24) is 0 Å². The Bertz CT molecular complexity index is 588. The second-order valence-electron chi connectivity index (χ2n) is 3.84. The van der Waals surface area contributed by atoms with Crippen LogP contribution in [0.15, 0.2) is 18.2 Å². The van der Waals surface area contributed by atoms with E-state index in [0.29, 0.717) is 6.26 Å². The van der Waals surface area contributed by atoms with Gasteiger partial charge in [-0.3, -0.25) is 4.18 Å². The zero-order valence-electron chi connectivity index (χ0n) is 9.84.